The average molecular weight is 360 g/mol. The number of aryl methyl sites for hydroxylation is 1. The maximum absolute atomic E-state index is 13.0. The van der Waals surface area contributed by atoms with Gasteiger partial charge in [-0.1, -0.05) is 25.0 Å². The minimum atomic E-state index is 0.299. The van der Waals surface area contributed by atoms with E-state index in [0.29, 0.717) is 18.4 Å². The van der Waals surface area contributed by atoms with Gasteiger partial charge in [-0.15, -0.1) is 0 Å². The van der Waals surface area contributed by atoms with Crippen LogP contribution in [0.2, 0.25) is 0 Å². The molecule has 0 saturated carbocycles. The van der Waals surface area contributed by atoms with Crippen LogP contribution in [0, 0.1) is 0 Å². The van der Waals surface area contributed by atoms with Crippen LogP contribution in [0.4, 0.5) is 0 Å². The number of ether oxygens (including phenoxy) is 2. The number of nitrogens with zero attached hydrogens (tertiary/aromatic N) is 2. The summed E-state index contributed by atoms with van der Waals surface area (Å²) in [6.45, 7) is 5.51. The Morgan fingerprint density at radius 3 is 2.85 bits per heavy atom. The van der Waals surface area contributed by atoms with Gasteiger partial charge in [-0.2, -0.15) is 0 Å². The van der Waals surface area contributed by atoms with Gasteiger partial charge in [-0.3, -0.25) is 9.69 Å². The van der Waals surface area contributed by atoms with Crippen molar-refractivity contribution < 1.29 is 14.3 Å². The third kappa shape index (κ3) is 5.45. The molecule has 5 heteroatoms. The molecule has 0 N–H and O–H groups in total. The Labute approximate surface area is 157 Å². The van der Waals surface area contributed by atoms with Crippen LogP contribution in [-0.2, 0) is 16.0 Å². The summed E-state index contributed by atoms with van der Waals surface area (Å²) in [7, 11) is 1.68. The monoisotopic (exact) mass is 360 g/mol. The fourth-order valence-corrected chi connectivity index (χ4v) is 4.00. The lowest BCUT2D eigenvalue weighted by Gasteiger charge is -2.36. The molecule has 0 aromatic heterocycles. The van der Waals surface area contributed by atoms with Crippen molar-refractivity contribution in [3.63, 3.8) is 0 Å². The van der Waals surface area contributed by atoms with Crippen LogP contribution >= 0.6 is 0 Å². The molecular weight excluding hydrogens is 328 g/mol. The first-order valence-corrected chi connectivity index (χ1v) is 9.99. The molecule has 1 aromatic carbocycles. The number of benzene rings is 1. The number of amides is 1. The van der Waals surface area contributed by atoms with Gasteiger partial charge in [0.25, 0.3) is 0 Å². The molecule has 144 valence electrons. The van der Waals surface area contributed by atoms with Gasteiger partial charge in [0.15, 0.2) is 0 Å². The maximum atomic E-state index is 13.0. The van der Waals surface area contributed by atoms with E-state index in [9.17, 15) is 4.79 Å². The summed E-state index contributed by atoms with van der Waals surface area (Å²) in [5, 5.41) is 0. The van der Waals surface area contributed by atoms with Crippen molar-refractivity contribution >= 4 is 5.91 Å². The summed E-state index contributed by atoms with van der Waals surface area (Å²) >= 11 is 0. The lowest BCUT2D eigenvalue weighted by molar-refractivity contribution is -0.134. The van der Waals surface area contributed by atoms with Crippen molar-refractivity contribution in [2.45, 2.75) is 44.6 Å². The number of hydrogen-bond donors (Lipinski definition) is 0. The molecule has 0 spiro atoms. The first kappa shape index (κ1) is 19.2. The summed E-state index contributed by atoms with van der Waals surface area (Å²) in [5.74, 6) is 1.16. The normalized spacial score (nSPS) is 22.0. The summed E-state index contributed by atoms with van der Waals surface area (Å²) in [4.78, 5) is 17.6. The second-order valence-electron chi connectivity index (χ2n) is 7.35. The van der Waals surface area contributed by atoms with Gasteiger partial charge < -0.3 is 14.4 Å². The van der Waals surface area contributed by atoms with Crippen molar-refractivity contribution in [3.8, 4) is 5.75 Å². The molecule has 2 saturated heterocycles. The Bertz CT molecular complexity index is 572. The maximum Gasteiger partial charge on any atom is 0.223 e. The number of morpholine rings is 1. The molecule has 2 fully saturated rings. The van der Waals surface area contributed by atoms with Crippen LogP contribution in [-0.4, -0.2) is 68.3 Å². The molecule has 1 amide bonds. The zero-order valence-electron chi connectivity index (χ0n) is 16.0. The highest BCUT2D eigenvalue weighted by Crippen LogP contribution is 2.21. The van der Waals surface area contributed by atoms with Gasteiger partial charge in [0.1, 0.15) is 5.75 Å². The largest absolute Gasteiger partial charge is 0.497 e. The predicted octanol–water partition coefficient (Wildman–Crippen LogP) is 2.73. The average Bonchev–Trinajstić information content (AvgIpc) is 2.92. The van der Waals surface area contributed by atoms with Gasteiger partial charge in [0.05, 0.1) is 20.3 Å². The highest BCUT2D eigenvalue weighted by atomic mass is 16.5. The number of carbonyl (C=O) groups excluding carboxylic acids is 1. The zero-order valence-corrected chi connectivity index (χ0v) is 16.0. The fraction of sp³-hybridized carbons (Fsp3) is 0.667. The number of likely N-dealkylation sites (tertiary alicyclic amines) is 1. The van der Waals surface area contributed by atoms with E-state index >= 15 is 0 Å². The summed E-state index contributed by atoms with van der Waals surface area (Å²) in [6.07, 6.45) is 6.07. The lowest BCUT2D eigenvalue weighted by Crippen LogP contribution is -2.49. The van der Waals surface area contributed by atoms with E-state index in [0.717, 1.165) is 70.0 Å². The number of hydrogen-bond acceptors (Lipinski definition) is 4. The molecule has 1 aromatic rings. The third-order valence-electron chi connectivity index (χ3n) is 5.53. The molecule has 1 atom stereocenters. The molecule has 2 heterocycles. The molecule has 0 aliphatic carbocycles. The first-order valence-electron chi connectivity index (χ1n) is 9.99. The summed E-state index contributed by atoms with van der Waals surface area (Å²) in [5.41, 5.74) is 1.16. The highest BCUT2D eigenvalue weighted by molar-refractivity contribution is 5.77. The molecule has 26 heavy (non-hydrogen) atoms. The molecule has 0 radical (unpaired) electrons. The Morgan fingerprint density at radius 1 is 1.19 bits per heavy atom. The van der Waals surface area contributed by atoms with Crippen molar-refractivity contribution in [2.24, 2.45) is 0 Å². The van der Waals surface area contributed by atoms with Crippen molar-refractivity contribution in [1.82, 2.24) is 9.80 Å². The minimum absolute atomic E-state index is 0.299. The van der Waals surface area contributed by atoms with E-state index in [-0.39, 0.29) is 0 Å². The molecule has 2 aliphatic heterocycles. The van der Waals surface area contributed by atoms with Crippen LogP contribution in [0.5, 0.6) is 5.75 Å². The topological polar surface area (TPSA) is 42.0 Å². The lowest BCUT2D eigenvalue weighted by atomic mass is 10.1. The molecule has 1 unspecified atom stereocenters. The number of carbonyl (C=O) groups is 1. The Hall–Kier alpha value is -1.59. The number of methoxy groups -OCH3 is 1. The summed E-state index contributed by atoms with van der Waals surface area (Å²) < 4.78 is 10.7. The molecule has 2 aliphatic rings. The zero-order chi connectivity index (χ0) is 18.2. The van der Waals surface area contributed by atoms with E-state index in [4.69, 9.17) is 9.47 Å². The van der Waals surface area contributed by atoms with E-state index in [1.54, 1.807) is 7.11 Å². The minimum Gasteiger partial charge on any atom is -0.497 e. The van der Waals surface area contributed by atoms with Gasteiger partial charge in [-0.05, 0) is 37.0 Å². The van der Waals surface area contributed by atoms with Gasteiger partial charge >= 0.3 is 0 Å². The fourth-order valence-electron chi connectivity index (χ4n) is 4.00. The predicted molar refractivity (Wildman–Crippen MR) is 103 cm³/mol. The Morgan fingerprint density at radius 2 is 2.04 bits per heavy atom. The second-order valence-corrected chi connectivity index (χ2v) is 7.35. The smallest absolute Gasteiger partial charge is 0.223 e. The summed E-state index contributed by atoms with van der Waals surface area (Å²) in [6, 6.07) is 8.39. The van der Waals surface area contributed by atoms with Crippen LogP contribution in [0.3, 0.4) is 0 Å². The van der Waals surface area contributed by atoms with Crippen molar-refractivity contribution in [2.75, 3.05) is 46.5 Å². The highest BCUT2D eigenvalue weighted by Gasteiger charge is 2.27. The third-order valence-corrected chi connectivity index (χ3v) is 5.53. The molecular formula is C21H32N2O3. The molecule has 3 rings (SSSR count). The number of rotatable bonds is 6. The Kier molecular flexibility index (Phi) is 7.32. The van der Waals surface area contributed by atoms with Crippen molar-refractivity contribution in [3.05, 3.63) is 29.8 Å². The molecule has 5 nitrogen and oxygen atoms in total. The first-order chi connectivity index (χ1) is 12.8. The second kappa shape index (κ2) is 9.93. The van der Waals surface area contributed by atoms with E-state index in [2.05, 4.69) is 15.9 Å². The van der Waals surface area contributed by atoms with Crippen LogP contribution < -0.4 is 4.74 Å². The van der Waals surface area contributed by atoms with Gasteiger partial charge in [0, 0.05) is 38.6 Å². The Balaban J connectivity index is 1.58. The van der Waals surface area contributed by atoms with E-state index in [1.165, 1.54) is 12.8 Å². The van der Waals surface area contributed by atoms with Crippen LogP contribution in [0.25, 0.3) is 0 Å². The van der Waals surface area contributed by atoms with E-state index < -0.39 is 0 Å². The molecule has 0 bridgehead atoms. The quantitative estimate of drug-likeness (QED) is 0.782. The van der Waals surface area contributed by atoms with Crippen molar-refractivity contribution in [1.29, 1.82) is 0 Å². The van der Waals surface area contributed by atoms with Crippen LogP contribution in [0.1, 0.15) is 37.7 Å². The van der Waals surface area contributed by atoms with Gasteiger partial charge in [-0.25, -0.2) is 0 Å². The van der Waals surface area contributed by atoms with Gasteiger partial charge in [0.2, 0.25) is 5.91 Å². The van der Waals surface area contributed by atoms with E-state index in [1.807, 2.05) is 18.2 Å². The SMILES string of the molecule is COc1cccc(CCC(=O)N2CCCCCC2CN2CCOCC2)c1. The van der Waals surface area contributed by atoms with Crippen LogP contribution in [0.15, 0.2) is 24.3 Å². The standard InChI is InChI=1S/C21H32N2O3/c1-25-20-8-5-6-18(16-20)9-10-21(24)23-11-4-2-3-7-19(23)17-22-12-14-26-15-13-22/h5-6,8,16,19H,2-4,7,9-15,17H2,1H3.